The summed E-state index contributed by atoms with van der Waals surface area (Å²) >= 11 is 1.87. The highest BCUT2D eigenvalue weighted by Gasteiger charge is 2.28. The summed E-state index contributed by atoms with van der Waals surface area (Å²) in [6.45, 7) is 7.13. The van der Waals surface area contributed by atoms with E-state index in [2.05, 4.69) is 10.2 Å². The van der Waals surface area contributed by atoms with E-state index in [4.69, 9.17) is 0 Å². The summed E-state index contributed by atoms with van der Waals surface area (Å²) in [5.74, 6) is 2.20. The summed E-state index contributed by atoms with van der Waals surface area (Å²) < 4.78 is 0. The molecule has 1 unspecified atom stereocenters. The van der Waals surface area contributed by atoms with Crippen molar-refractivity contribution in [1.82, 2.24) is 15.1 Å². The Morgan fingerprint density at radius 1 is 1.47 bits per heavy atom. The van der Waals surface area contributed by atoms with E-state index in [0.717, 1.165) is 44.4 Å². The van der Waals surface area contributed by atoms with Gasteiger partial charge in [-0.2, -0.15) is 0 Å². The average molecular weight is 229 g/mol. The average Bonchev–Trinajstić information content (AvgIpc) is 2.67. The number of hydrogen-bond donors (Lipinski definition) is 1. The maximum absolute atomic E-state index is 11.4. The number of carbonyl (C=O) groups is 1. The lowest BCUT2D eigenvalue weighted by molar-refractivity contribution is -0.129. The van der Waals surface area contributed by atoms with Crippen LogP contribution in [-0.4, -0.2) is 66.1 Å². The largest absolute Gasteiger partial charge is 0.329 e. The van der Waals surface area contributed by atoms with Crippen molar-refractivity contribution < 1.29 is 4.79 Å². The smallest absolute Gasteiger partial charge is 0.220 e. The van der Waals surface area contributed by atoms with Gasteiger partial charge in [0.15, 0.2) is 0 Å². The Morgan fingerprint density at radius 3 is 2.87 bits per heavy atom. The summed E-state index contributed by atoms with van der Waals surface area (Å²) in [7, 11) is 0. The highest BCUT2D eigenvalue weighted by Crippen LogP contribution is 2.21. The van der Waals surface area contributed by atoms with Crippen LogP contribution in [0.1, 0.15) is 6.92 Å². The number of thioether (sulfide) groups is 1. The van der Waals surface area contributed by atoms with Crippen LogP contribution in [0.5, 0.6) is 0 Å². The number of hydrogen-bond acceptors (Lipinski definition) is 4. The Bertz CT molecular complexity index is 231. The maximum Gasteiger partial charge on any atom is 0.220 e. The summed E-state index contributed by atoms with van der Waals surface area (Å²) in [5.41, 5.74) is 0. The summed E-state index contributed by atoms with van der Waals surface area (Å²) in [6, 6.07) is 0.436. The lowest BCUT2D eigenvalue weighted by Gasteiger charge is -2.32. The monoisotopic (exact) mass is 229 g/mol. The third-order valence-corrected chi connectivity index (χ3v) is 4.15. The van der Waals surface area contributed by atoms with Gasteiger partial charge in [0, 0.05) is 45.4 Å². The molecule has 15 heavy (non-hydrogen) atoms. The summed E-state index contributed by atoms with van der Waals surface area (Å²) in [5, 5.41) is 3.35. The standard InChI is InChI=1S/C10H19N3OS/c1-9(14)13-8-15-7-10(13)6-12-4-2-11-3-5-12/h10-11H,2-8H2,1H3. The third-order valence-electron chi connectivity index (χ3n) is 3.06. The molecule has 0 bridgehead atoms. The van der Waals surface area contributed by atoms with E-state index in [1.54, 1.807) is 6.92 Å². The van der Waals surface area contributed by atoms with Crippen molar-refractivity contribution in [2.24, 2.45) is 0 Å². The van der Waals surface area contributed by atoms with Gasteiger partial charge in [0.1, 0.15) is 0 Å². The van der Waals surface area contributed by atoms with Crippen molar-refractivity contribution in [2.75, 3.05) is 44.4 Å². The molecule has 0 saturated carbocycles. The van der Waals surface area contributed by atoms with E-state index in [1.165, 1.54) is 0 Å². The van der Waals surface area contributed by atoms with E-state index in [1.807, 2.05) is 16.7 Å². The zero-order chi connectivity index (χ0) is 10.7. The molecular weight excluding hydrogens is 210 g/mol. The van der Waals surface area contributed by atoms with Crippen LogP contribution in [0, 0.1) is 0 Å². The quantitative estimate of drug-likeness (QED) is 0.712. The summed E-state index contributed by atoms with van der Waals surface area (Å²) in [6.07, 6.45) is 0. The van der Waals surface area contributed by atoms with E-state index in [9.17, 15) is 4.79 Å². The molecule has 2 saturated heterocycles. The predicted octanol–water partition coefficient (Wildman–Crippen LogP) is -0.187. The molecule has 0 spiro atoms. The van der Waals surface area contributed by atoms with Crippen LogP contribution in [0.15, 0.2) is 0 Å². The number of nitrogens with one attached hydrogen (secondary N) is 1. The second-order valence-electron chi connectivity index (χ2n) is 4.19. The van der Waals surface area contributed by atoms with Crippen LogP contribution in [0.25, 0.3) is 0 Å². The number of rotatable bonds is 2. The van der Waals surface area contributed by atoms with Gasteiger partial charge >= 0.3 is 0 Å². The first kappa shape index (κ1) is 11.2. The Morgan fingerprint density at radius 2 is 2.20 bits per heavy atom. The van der Waals surface area contributed by atoms with Gasteiger partial charge in [0.2, 0.25) is 5.91 Å². The molecule has 0 aromatic carbocycles. The van der Waals surface area contributed by atoms with Crippen molar-refractivity contribution >= 4 is 17.7 Å². The fraction of sp³-hybridized carbons (Fsp3) is 0.900. The fourth-order valence-electron chi connectivity index (χ4n) is 2.17. The Balaban J connectivity index is 1.84. The highest BCUT2D eigenvalue weighted by atomic mass is 32.2. The second kappa shape index (κ2) is 5.18. The highest BCUT2D eigenvalue weighted by molar-refractivity contribution is 7.99. The molecule has 86 valence electrons. The van der Waals surface area contributed by atoms with Crippen LogP contribution < -0.4 is 5.32 Å². The van der Waals surface area contributed by atoms with Crippen molar-refractivity contribution in [3.05, 3.63) is 0 Å². The van der Waals surface area contributed by atoms with Crippen LogP contribution in [-0.2, 0) is 4.79 Å². The van der Waals surface area contributed by atoms with Crippen LogP contribution >= 0.6 is 11.8 Å². The molecule has 1 N–H and O–H groups in total. The normalized spacial score (nSPS) is 28.3. The molecule has 2 aliphatic heterocycles. The van der Waals surface area contributed by atoms with E-state index < -0.39 is 0 Å². The number of nitrogens with zero attached hydrogens (tertiary/aromatic N) is 2. The number of carbonyl (C=O) groups excluding carboxylic acids is 1. The van der Waals surface area contributed by atoms with Crippen LogP contribution in [0.4, 0.5) is 0 Å². The molecule has 0 aromatic rings. The van der Waals surface area contributed by atoms with Gasteiger partial charge in [-0.05, 0) is 0 Å². The van der Waals surface area contributed by atoms with Gasteiger partial charge in [-0.15, -0.1) is 11.8 Å². The molecule has 4 nitrogen and oxygen atoms in total. The zero-order valence-corrected chi connectivity index (χ0v) is 10.1. The van der Waals surface area contributed by atoms with Crippen molar-refractivity contribution in [3.63, 3.8) is 0 Å². The molecule has 2 heterocycles. The van der Waals surface area contributed by atoms with Gasteiger partial charge in [-0.3, -0.25) is 9.69 Å². The first-order chi connectivity index (χ1) is 7.27. The maximum atomic E-state index is 11.4. The molecule has 0 aliphatic carbocycles. The molecule has 0 aromatic heterocycles. The fourth-order valence-corrected chi connectivity index (χ4v) is 3.43. The van der Waals surface area contributed by atoms with E-state index in [0.29, 0.717) is 6.04 Å². The SMILES string of the molecule is CC(=O)N1CSCC1CN1CCNCC1. The molecule has 0 radical (unpaired) electrons. The van der Waals surface area contributed by atoms with Crippen molar-refractivity contribution in [2.45, 2.75) is 13.0 Å². The molecule has 5 heteroatoms. The van der Waals surface area contributed by atoms with Crippen molar-refractivity contribution in [1.29, 1.82) is 0 Å². The zero-order valence-electron chi connectivity index (χ0n) is 9.24. The van der Waals surface area contributed by atoms with Gasteiger partial charge in [-0.25, -0.2) is 0 Å². The molecule has 1 amide bonds. The third kappa shape index (κ3) is 2.86. The van der Waals surface area contributed by atoms with Gasteiger partial charge in [0.05, 0.1) is 11.9 Å². The van der Waals surface area contributed by atoms with Crippen LogP contribution in [0.2, 0.25) is 0 Å². The lowest BCUT2D eigenvalue weighted by Crippen LogP contribution is -2.50. The van der Waals surface area contributed by atoms with Gasteiger partial charge in [0.25, 0.3) is 0 Å². The molecule has 2 fully saturated rings. The minimum atomic E-state index is 0.222. The second-order valence-corrected chi connectivity index (χ2v) is 5.19. The molecule has 2 aliphatic rings. The Hall–Kier alpha value is -0.260. The van der Waals surface area contributed by atoms with Gasteiger partial charge in [-0.1, -0.05) is 0 Å². The van der Waals surface area contributed by atoms with Crippen molar-refractivity contribution in [3.8, 4) is 0 Å². The molecular formula is C10H19N3OS. The number of amides is 1. The first-order valence-corrected chi connectivity index (χ1v) is 6.71. The minimum Gasteiger partial charge on any atom is -0.329 e. The Kier molecular flexibility index (Phi) is 3.88. The molecule has 1 atom stereocenters. The predicted molar refractivity (Wildman–Crippen MR) is 62.9 cm³/mol. The lowest BCUT2D eigenvalue weighted by atomic mass is 10.2. The van der Waals surface area contributed by atoms with E-state index >= 15 is 0 Å². The van der Waals surface area contributed by atoms with E-state index in [-0.39, 0.29) is 5.91 Å². The van der Waals surface area contributed by atoms with Gasteiger partial charge < -0.3 is 10.2 Å². The minimum absolute atomic E-state index is 0.222. The topological polar surface area (TPSA) is 35.6 Å². The van der Waals surface area contributed by atoms with Crippen LogP contribution in [0.3, 0.4) is 0 Å². The Labute approximate surface area is 95.4 Å². The first-order valence-electron chi connectivity index (χ1n) is 5.55. The summed E-state index contributed by atoms with van der Waals surface area (Å²) in [4.78, 5) is 15.8. The molecule has 2 rings (SSSR count). The number of piperazine rings is 1.